The maximum atomic E-state index is 13.1. The van der Waals surface area contributed by atoms with Gasteiger partial charge in [0.2, 0.25) is 11.8 Å². The Morgan fingerprint density at radius 2 is 2.03 bits per heavy atom. The fraction of sp³-hybridized carbons (Fsp3) is 0.238. The van der Waals surface area contributed by atoms with Crippen molar-refractivity contribution < 1.29 is 9.59 Å². The van der Waals surface area contributed by atoms with Crippen molar-refractivity contribution in [1.82, 2.24) is 24.6 Å². The lowest BCUT2D eigenvalue weighted by molar-refractivity contribution is -0.139. The third kappa shape index (κ3) is 2.93. The normalized spacial score (nSPS) is 16.0. The maximum Gasteiger partial charge on any atom is 0.246 e. The molecule has 2 amide bonds. The fourth-order valence-electron chi connectivity index (χ4n) is 3.90. The van der Waals surface area contributed by atoms with Gasteiger partial charge in [0.15, 0.2) is 0 Å². The van der Waals surface area contributed by atoms with E-state index >= 15 is 0 Å². The lowest BCUT2D eigenvalue weighted by Gasteiger charge is -2.35. The minimum absolute atomic E-state index is 0.0663. The monoisotopic (exact) mass is 388 g/mol. The molecule has 0 radical (unpaired) electrons. The van der Waals surface area contributed by atoms with Crippen LogP contribution in [0.3, 0.4) is 0 Å². The summed E-state index contributed by atoms with van der Waals surface area (Å²) in [4.78, 5) is 33.6. The van der Waals surface area contributed by atoms with Crippen molar-refractivity contribution in [2.45, 2.75) is 13.0 Å². The molecule has 4 aromatic rings. The highest BCUT2D eigenvalue weighted by Gasteiger charge is 2.31. The van der Waals surface area contributed by atoms with Crippen molar-refractivity contribution in [3.63, 3.8) is 0 Å². The van der Waals surface area contributed by atoms with Gasteiger partial charge in [-0.05, 0) is 37.3 Å². The molecule has 1 fully saturated rings. The molecule has 3 heterocycles. The van der Waals surface area contributed by atoms with Gasteiger partial charge >= 0.3 is 0 Å². The second-order valence-corrected chi connectivity index (χ2v) is 7.26. The minimum atomic E-state index is -0.428. The second kappa shape index (κ2) is 6.73. The average molecular weight is 388 g/mol. The molecule has 8 heteroatoms. The SMILES string of the molecule is CC(C(=O)N1CCN(c2ccc3cn[nH]c3c2)C(=O)C1)n1cnc2ccccc21. The summed E-state index contributed by atoms with van der Waals surface area (Å²) in [6, 6.07) is 13.0. The van der Waals surface area contributed by atoms with Crippen LogP contribution in [-0.4, -0.2) is 56.1 Å². The molecule has 2 aromatic carbocycles. The lowest BCUT2D eigenvalue weighted by Crippen LogP contribution is -2.53. The number of hydrogen-bond acceptors (Lipinski definition) is 4. The van der Waals surface area contributed by atoms with E-state index in [2.05, 4.69) is 15.2 Å². The summed E-state index contributed by atoms with van der Waals surface area (Å²) in [5.74, 6) is -0.170. The number of anilines is 1. The van der Waals surface area contributed by atoms with Gasteiger partial charge in [-0.25, -0.2) is 4.98 Å². The molecular weight excluding hydrogens is 368 g/mol. The van der Waals surface area contributed by atoms with E-state index in [0.717, 1.165) is 27.6 Å². The average Bonchev–Trinajstić information content (AvgIpc) is 3.39. The van der Waals surface area contributed by atoms with Gasteiger partial charge in [0.05, 0.1) is 29.1 Å². The first kappa shape index (κ1) is 17.4. The van der Waals surface area contributed by atoms with Crippen LogP contribution in [-0.2, 0) is 9.59 Å². The number of hydrogen-bond donors (Lipinski definition) is 1. The number of amides is 2. The molecular formula is C21H20N6O2. The van der Waals surface area contributed by atoms with E-state index < -0.39 is 6.04 Å². The van der Waals surface area contributed by atoms with Crippen molar-refractivity contribution in [2.24, 2.45) is 0 Å². The van der Waals surface area contributed by atoms with E-state index in [1.807, 2.05) is 54.0 Å². The largest absolute Gasteiger partial charge is 0.330 e. The van der Waals surface area contributed by atoms with E-state index in [4.69, 9.17) is 0 Å². The molecule has 5 rings (SSSR count). The lowest BCUT2D eigenvalue weighted by atomic mass is 10.2. The number of aromatic amines is 1. The Hall–Kier alpha value is -3.68. The third-order valence-electron chi connectivity index (χ3n) is 5.53. The zero-order chi connectivity index (χ0) is 20.0. The molecule has 1 aliphatic heterocycles. The van der Waals surface area contributed by atoms with Crippen LogP contribution in [0.5, 0.6) is 0 Å². The van der Waals surface area contributed by atoms with Crippen LogP contribution in [0.4, 0.5) is 5.69 Å². The summed E-state index contributed by atoms with van der Waals surface area (Å²) in [7, 11) is 0. The standard InChI is InChI=1S/C21H20N6O2/c1-14(27-13-22-17-4-2-3-5-19(17)27)21(29)25-8-9-26(20(28)12-25)16-7-6-15-11-23-24-18(15)10-16/h2-7,10-11,13-14H,8-9,12H2,1H3,(H,23,24). The van der Waals surface area contributed by atoms with Gasteiger partial charge in [0, 0.05) is 24.2 Å². The van der Waals surface area contributed by atoms with Gasteiger partial charge in [-0.15, -0.1) is 0 Å². The van der Waals surface area contributed by atoms with E-state index in [1.54, 1.807) is 22.3 Å². The van der Waals surface area contributed by atoms with Crippen LogP contribution in [0.15, 0.2) is 55.0 Å². The number of piperazine rings is 1. The van der Waals surface area contributed by atoms with Gasteiger partial charge in [-0.2, -0.15) is 5.10 Å². The molecule has 2 aromatic heterocycles. The molecule has 29 heavy (non-hydrogen) atoms. The van der Waals surface area contributed by atoms with Crippen LogP contribution < -0.4 is 4.90 Å². The number of benzene rings is 2. The molecule has 0 saturated carbocycles. The second-order valence-electron chi connectivity index (χ2n) is 7.26. The highest BCUT2D eigenvalue weighted by molar-refractivity contribution is 5.99. The number of H-pyrrole nitrogens is 1. The number of imidazole rings is 1. The van der Waals surface area contributed by atoms with Crippen LogP contribution in [0.25, 0.3) is 21.9 Å². The van der Waals surface area contributed by atoms with Crippen LogP contribution in [0.1, 0.15) is 13.0 Å². The van der Waals surface area contributed by atoms with Crippen molar-refractivity contribution in [2.75, 3.05) is 24.5 Å². The van der Waals surface area contributed by atoms with Crippen molar-refractivity contribution in [3.05, 3.63) is 55.0 Å². The molecule has 1 unspecified atom stereocenters. The molecule has 146 valence electrons. The number of fused-ring (bicyclic) bond motifs is 2. The first-order valence-electron chi connectivity index (χ1n) is 9.56. The Morgan fingerprint density at radius 3 is 2.90 bits per heavy atom. The highest BCUT2D eigenvalue weighted by atomic mass is 16.2. The zero-order valence-electron chi connectivity index (χ0n) is 15.9. The number of para-hydroxylation sites is 2. The summed E-state index contributed by atoms with van der Waals surface area (Å²) in [6.45, 7) is 2.86. The Kier molecular flexibility index (Phi) is 4.04. The molecule has 8 nitrogen and oxygen atoms in total. The van der Waals surface area contributed by atoms with Gasteiger partial charge in [-0.3, -0.25) is 14.7 Å². The Balaban J connectivity index is 1.33. The smallest absolute Gasteiger partial charge is 0.246 e. The maximum absolute atomic E-state index is 13.1. The predicted molar refractivity (Wildman–Crippen MR) is 109 cm³/mol. The molecule has 1 atom stereocenters. The molecule has 1 aliphatic rings. The van der Waals surface area contributed by atoms with Gasteiger partial charge in [0.25, 0.3) is 0 Å². The quantitative estimate of drug-likeness (QED) is 0.584. The van der Waals surface area contributed by atoms with Gasteiger partial charge in [-0.1, -0.05) is 12.1 Å². The van der Waals surface area contributed by atoms with E-state index in [-0.39, 0.29) is 18.4 Å². The zero-order valence-corrected chi connectivity index (χ0v) is 15.9. The summed E-state index contributed by atoms with van der Waals surface area (Å²) < 4.78 is 1.86. The molecule has 0 bridgehead atoms. The van der Waals surface area contributed by atoms with E-state index in [9.17, 15) is 9.59 Å². The Morgan fingerprint density at radius 1 is 1.17 bits per heavy atom. The summed E-state index contributed by atoms with van der Waals surface area (Å²) in [5.41, 5.74) is 3.45. The van der Waals surface area contributed by atoms with Crippen LogP contribution in [0.2, 0.25) is 0 Å². The number of nitrogens with zero attached hydrogens (tertiary/aromatic N) is 5. The first-order chi connectivity index (χ1) is 14.1. The Bertz CT molecular complexity index is 1230. The number of aromatic nitrogens is 4. The summed E-state index contributed by atoms with van der Waals surface area (Å²) in [5, 5.41) is 7.94. The van der Waals surface area contributed by atoms with Crippen molar-refractivity contribution in [1.29, 1.82) is 0 Å². The molecule has 0 spiro atoms. The van der Waals surface area contributed by atoms with Crippen molar-refractivity contribution in [3.8, 4) is 0 Å². The number of carbonyl (C=O) groups is 2. The first-order valence-corrected chi connectivity index (χ1v) is 9.56. The van der Waals surface area contributed by atoms with Gasteiger partial charge in [0.1, 0.15) is 12.6 Å². The van der Waals surface area contributed by atoms with Crippen LogP contribution in [0, 0.1) is 0 Å². The predicted octanol–water partition coefficient (Wildman–Crippen LogP) is 2.35. The number of nitrogens with one attached hydrogen (secondary N) is 1. The molecule has 1 saturated heterocycles. The Labute approximate surface area is 166 Å². The fourth-order valence-corrected chi connectivity index (χ4v) is 3.90. The van der Waals surface area contributed by atoms with Crippen LogP contribution >= 0.6 is 0 Å². The molecule has 0 aliphatic carbocycles. The number of carbonyl (C=O) groups excluding carboxylic acids is 2. The van der Waals surface area contributed by atoms with Gasteiger partial charge < -0.3 is 14.4 Å². The highest BCUT2D eigenvalue weighted by Crippen LogP contribution is 2.24. The van der Waals surface area contributed by atoms with Crippen molar-refractivity contribution >= 4 is 39.4 Å². The summed E-state index contributed by atoms with van der Waals surface area (Å²) in [6.07, 6.45) is 3.43. The topological polar surface area (TPSA) is 87.1 Å². The van der Waals surface area contributed by atoms with E-state index in [0.29, 0.717) is 13.1 Å². The van der Waals surface area contributed by atoms with E-state index in [1.165, 1.54) is 0 Å². The minimum Gasteiger partial charge on any atom is -0.330 e. The summed E-state index contributed by atoms with van der Waals surface area (Å²) >= 11 is 0. The molecule has 1 N–H and O–H groups in total. The third-order valence-corrected chi connectivity index (χ3v) is 5.53. The number of rotatable bonds is 3.